The van der Waals surface area contributed by atoms with E-state index >= 15 is 0 Å². The average Bonchev–Trinajstić information content (AvgIpc) is 3.38. The molecule has 0 spiro atoms. The van der Waals surface area contributed by atoms with E-state index in [0.29, 0.717) is 86.3 Å². The number of H-pyrrole nitrogens is 1. The number of aromatic nitrogens is 5. The van der Waals surface area contributed by atoms with Crippen LogP contribution in [0, 0.1) is 5.92 Å². The topological polar surface area (TPSA) is 149 Å². The Morgan fingerprint density at radius 1 is 1.06 bits per heavy atom. The van der Waals surface area contributed by atoms with E-state index < -0.39 is 10.0 Å². The number of esters is 1. The third kappa shape index (κ3) is 8.57. The summed E-state index contributed by atoms with van der Waals surface area (Å²) in [4.78, 5) is 37.4. The van der Waals surface area contributed by atoms with Gasteiger partial charge in [0.2, 0.25) is 10.0 Å². The molecule has 1 aromatic carbocycles. The molecule has 1 fully saturated rings. The average molecular weight is 687 g/mol. The first-order valence-corrected chi connectivity index (χ1v) is 17.4. The maximum Gasteiger partial charge on any atom is 0.305 e. The summed E-state index contributed by atoms with van der Waals surface area (Å²) in [6, 6.07) is 10.3. The van der Waals surface area contributed by atoms with Crippen LogP contribution in [-0.4, -0.2) is 69.7 Å². The molecule has 0 amide bonds. The summed E-state index contributed by atoms with van der Waals surface area (Å²) < 4.78 is 42.0. The number of nitrogens with zero attached hydrogens (tertiary/aromatic N) is 5. The molecule has 0 radical (unpaired) electrons. The number of hydrogen-bond donors (Lipinski definition) is 1. The molecule has 0 atom stereocenters. The smallest absolute Gasteiger partial charge is 0.305 e. The number of pyridine rings is 1. The zero-order valence-electron chi connectivity index (χ0n) is 27.1. The van der Waals surface area contributed by atoms with Crippen LogP contribution in [0.2, 0.25) is 0 Å². The summed E-state index contributed by atoms with van der Waals surface area (Å²) in [7, 11) is -2.13. The fourth-order valence-corrected chi connectivity index (χ4v) is 7.27. The summed E-state index contributed by atoms with van der Waals surface area (Å²) in [5.74, 6) is 0.654. The third-order valence-electron chi connectivity index (χ3n) is 8.23. The van der Waals surface area contributed by atoms with E-state index in [2.05, 4.69) is 15.1 Å². The molecule has 0 bridgehead atoms. The van der Waals surface area contributed by atoms with E-state index in [1.807, 2.05) is 32.0 Å². The van der Waals surface area contributed by atoms with Crippen LogP contribution in [0.5, 0.6) is 5.75 Å². The van der Waals surface area contributed by atoms with Gasteiger partial charge in [-0.25, -0.2) is 13.4 Å². The number of carbonyl (C=O) groups is 1. The van der Waals surface area contributed by atoms with Crippen molar-refractivity contribution in [2.45, 2.75) is 70.1 Å². The van der Waals surface area contributed by atoms with Crippen LogP contribution >= 0.6 is 12.4 Å². The van der Waals surface area contributed by atoms with Crippen molar-refractivity contribution in [3.05, 3.63) is 64.3 Å². The summed E-state index contributed by atoms with van der Waals surface area (Å²) >= 11 is 0. The molecule has 3 aromatic heterocycles. The number of aromatic amines is 1. The minimum absolute atomic E-state index is 0. The maximum absolute atomic E-state index is 13.8. The van der Waals surface area contributed by atoms with E-state index in [-0.39, 0.29) is 47.2 Å². The number of hydrogen-bond acceptors (Lipinski definition) is 9. The van der Waals surface area contributed by atoms with E-state index in [0.717, 1.165) is 18.5 Å². The van der Waals surface area contributed by atoms with Crippen molar-refractivity contribution in [1.29, 1.82) is 0 Å². The van der Waals surface area contributed by atoms with Crippen LogP contribution in [0.1, 0.15) is 63.8 Å². The molecular formula is C33H43ClN6O6S. The van der Waals surface area contributed by atoms with Crippen LogP contribution in [0.4, 0.5) is 0 Å². The van der Waals surface area contributed by atoms with E-state index in [1.165, 1.54) is 15.1 Å². The lowest BCUT2D eigenvalue weighted by Crippen LogP contribution is -2.38. The zero-order valence-corrected chi connectivity index (χ0v) is 28.7. The van der Waals surface area contributed by atoms with Crippen molar-refractivity contribution in [2.24, 2.45) is 13.0 Å². The molecule has 1 saturated heterocycles. The predicted octanol–water partition coefficient (Wildman–Crippen LogP) is 4.85. The number of aryl methyl sites for hydroxylation is 2. The molecule has 1 aliphatic rings. The fraction of sp³-hybridized carbons (Fsp3) is 0.485. The number of piperidine rings is 1. The Labute approximate surface area is 281 Å². The molecule has 0 unspecified atom stereocenters. The molecule has 1 N–H and O–H groups in total. The lowest BCUT2D eigenvalue weighted by molar-refractivity contribution is -0.144. The van der Waals surface area contributed by atoms with Gasteiger partial charge in [-0.05, 0) is 68.4 Å². The highest BCUT2D eigenvalue weighted by Gasteiger charge is 2.31. The van der Waals surface area contributed by atoms with Gasteiger partial charge in [-0.2, -0.15) is 9.40 Å². The van der Waals surface area contributed by atoms with Crippen LogP contribution in [0.25, 0.3) is 22.4 Å². The lowest BCUT2D eigenvalue weighted by Gasteiger charge is -2.31. The van der Waals surface area contributed by atoms with E-state index in [9.17, 15) is 18.0 Å². The van der Waals surface area contributed by atoms with Crippen molar-refractivity contribution < 1.29 is 22.7 Å². The first-order valence-electron chi connectivity index (χ1n) is 16.0. The van der Waals surface area contributed by atoms with Gasteiger partial charge in [-0.3, -0.25) is 19.3 Å². The van der Waals surface area contributed by atoms with Crippen molar-refractivity contribution in [3.63, 3.8) is 0 Å². The Kier molecular flexibility index (Phi) is 12.5. The number of sulfonamides is 1. The standard InChI is InChI=1S/C33H42N6O6S.ClH/c1-4-8-27-30-31(38(3)37-27)33(41)36-32(35-30)26-22-25(11-12-28(26)44-20-5-2)46(42,43)39-18-14-23(15-19-39)10-13-29(40)45-21-16-24-9-6-7-17-34-24;/h6-7,9,11-12,17,22-23H,4-5,8,10,13-16,18-21H2,1-3H3,(H,35,36,41);1H. The summed E-state index contributed by atoms with van der Waals surface area (Å²) in [5.41, 5.74) is 2.50. The van der Waals surface area contributed by atoms with Gasteiger partial charge in [0, 0.05) is 44.9 Å². The SMILES string of the molecule is CCCOc1ccc(S(=O)(=O)N2CCC(CCC(=O)OCCc3ccccn3)CC2)cc1-c1nc2c(CCC)nn(C)c2c(=O)[nH]1.Cl. The second-order valence-corrected chi connectivity index (χ2v) is 13.6. The molecule has 4 heterocycles. The molecule has 0 saturated carbocycles. The van der Waals surface area contributed by atoms with Crippen LogP contribution < -0.4 is 10.3 Å². The second-order valence-electron chi connectivity index (χ2n) is 11.6. The van der Waals surface area contributed by atoms with Gasteiger partial charge in [0.1, 0.15) is 17.1 Å². The van der Waals surface area contributed by atoms with Gasteiger partial charge >= 0.3 is 5.97 Å². The van der Waals surface area contributed by atoms with Gasteiger partial charge in [-0.15, -0.1) is 12.4 Å². The van der Waals surface area contributed by atoms with Gasteiger partial charge in [0.15, 0.2) is 5.52 Å². The Hall–Kier alpha value is -3.81. The molecule has 14 heteroatoms. The highest BCUT2D eigenvalue weighted by Crippen LogP contribution is 2.34. The van der Waals surface area contributed by atoms with Gasteiger partial charge in [-0.1, -0.05) is 26.3 Å². The molecule has 5 rings (SSSR count). The highest BCUT2D eigenvalue weighted by molar-refractivity contribution is 7.89. The Morgan fingerprint density at radius 3 is 2.55 bits per heavy atom. The molecule has 47 heavy (non-hydrogen) atoms. The first kappa shape index (κ1) is 36.0. The van der Waals surface area contributed by atoms with Gasteiger partial charge in [0.25, 0.3) is 5.56 Å². The third-order valence-corrected chi connectivity index (χ3v) is 10.1. The van der Waals surface area contributed by atoms with E-state index in [1.54, 1.807) is 25.4 Å². The number of benzene rings is 1. The summed E-state index contributed by atoms with van der Waals surface area (Å²) in [5, 5.41) is 4.49. The van der Waals surface area contributed by atoms with Gasteiger partial charge in [0.05, 0.1) is 29.4 Å². The van der Waals surface area contributed by atoms with Crippen molar-refractivity contribution in [1.82, 2.24) is 29.0 Å². The molecule has 254 valence electrons. The summed E-state index contributed by atoms with van der Waals surface area (Å²) in [6.07, 6.45) is 6.78. The molecule has 0 aliphatic carbocycles. The van der Waals surface area contributed by atoms with E-state index in [4.69, 9.17) is 14.5 Å². The monoisotopic (exact) mass is 686 g/mol. The zero-order chi connectivity index (χ0) is 32.7. The van der Waals surface area contributed by atoms with Crippen molar-refractivity contribution in [2.75, 3.05) is 26.3 Å². The Bertz CT molecular complexity index is 1820. The summed E-state index contributed by atoms with van der Waals surface area (Å²) in [6.45, 7) is 5.42. The van der Waals surface area contributed by atoms with Crippen LogP contribution in [0.15, 0.2) is 52.3 Å². The number of ether oxygens (including phenoxy) is 2. The highest BCUT2D eigenvalue weighted by atomic mass is 35.5. The quantitative estimate of drug-likeness (QED) is 0.184. The number of carbonyl (C=O) groups excluding carboxylic acids is 1. The van der Waals surface area contributed by atoms with Crippen molar-refractivity contribution >= 4 is 39.4 Å². The Morgan fingerprint density at radius 2 is 1.85 bits per heavy atom. The normalized spacial score (nSPS) is 14.2. The van der Waals surface area contributed by atoms with Crippen LogP contribution in [-0.2, 0) is 39.4 Å². The Balaban J connectivity index is 0.00000500. The number of nitrogens with one attached hydrogen (secondary N) is 1. The molecule has 12 nitrogen and oxygen atoms in total. The largest absolute Gasteiger partial charge is 0.493 e. The van der Waals surface area contributed by atoms with Crippen molar-refractivity contribution in [3.8, 4) is 17.1 Å². The maximum atomic E-state index is 13.8. The minimum atomic E-state index is -3.84. The molecular weight excluding hydrogens is 644 g/mol. The molecule has 1 aliphatic heterocycles. The first-order chi connectivity index (χ1) is 22.2. The number of halogens is 1. The lowest BCUT2D eigenvalue weighted by atomic mass is 9.93. The second kappa shape index (κ2) is 16.3. The number of fused-ring (bicyclic) bond motifs is 1. The number of rotatable bonds is 14. The minimum Gasteiger partial charge on any atom is -0.493 e. The fourth-order valence-electron chi connectivity index (χ4n) is 5.77. The molecule has 4 aromatic rings. The predicted molar refractivity (Wildman–Crippen MR) is 181 cm³/mol. The van der Waals surface area contributed by atoms with Crippen LogP contribution in [0.3, 0.4) is 0 Å². The van der Waals surface area contributed by atoms with Gasteiger partial charge < -0.3 is 14.5 Å².